The predicted molar refractivity (Wildman–Crippen MR) is 169 cm³/mol. The second-order valence-corrected chi connectivity index (χ2v) is 13.0. The van der Waals surface area contributed by atoms with Gasteiger partial charge < -0.3 is 19.1 Å². The summed E-state index contributed by atoms with van der Waals surface area (Å²) < 4.78 is 8.67. The van der Waals surface area contributed by atoms with Gasteiger partial charge in [0.1, 0.15) is 17.8 Å². The third-order valence-corrected chi connectivity index (χ3v) is 9.12. The van der Waals surface area contributed by atoms with Crippen molar-refractivity contribution in [2.75, 3.05) is 57.9 Å². The largest absolute Gasteiger partial charge is 0.383 e. The van der Waals surface area contributed by atoms with Gasteiger partial charge in [0.05, 0.1) is 18.2 Å². The number of nitrogens with zero attached hydrogens (tertiary/aromatic N) is 8. The second kappa shape index (κ2) is 13.5. The van der Waals surface area contributed by atoms with Crippen LogP contribution in [0.25, 0.3) is 16.7 Å². The van der Waals surface area contributed by atoms with Crippen LogP contribution in [0.5, 0.6) is 0 Å². The van der Waals surface area contributed by atoms with Crippen LogP contribution in [0.15, 0.2) is 35.6 Å². The minimum absolute atomic E-state index is 0.0895. The van der Waals surface area contributed by atoms with E-state index in [-0.39, 0.29) is 17.0 Å². The molecule has 0 unspecified atom stereocenters. The first kappa shape index (κ1) is 31.1. The average molecular weight is 593 g/mol. The third-order valence-electron chi connectivity index (χ3n) is 9.12. The number of amides is 1. The summed E-state index contributed by atoms with van der Waals surface area (Å²) in [6.45, 7) is 15.0. The normalized spacial score (nSPS) is 19.9. The first-order valence-electron chi connectivity index (χ1n) is 15.9. The van der Waals surface area contributed by atoms with Crippen LogP contribution in [-0.4, -0.2) is 98.5 Å². The molecule has 3 aromatic heterocycles. The molecule has 1 saturated heterocycles. The van der Waals surface area contributed by atoms with Gasteiger partial charge in [0.25, 0.3) is 5.56 Å². The maximum atomic E-state index is 13.5. The summed E-state index contributed by atoms with van der Waals surface area (Å²) in [7, 11) is 1.76. The number of ether oxygens (including phenoxy) is 1. The van der Waals surface area contributed by atoms with E-state index in [2.05, 4.69) is 45.6 Å². The molecule has 4 heterocycles. The summed E-state index contributed by atoms with van der Waals surface area (Å²) in [5.41, 5.74) is 1.10. The summed E-state index contributed by atoms with van der Waals surface area (Å²) >= 11 is 0. The molecule has 0 radical (unpaired) electrons. The Hall–Kier alpha value is -3.31. The van der Waals surface area contributed by atoms with E-state index in [1.165, 1.54) is 6.33 Å². The van der Waals surface area contributed by atoms with E-state index in [4.69, 9.17) is 4.74 Å². The number of rotatable bonds is 10. The van der Waals surface area contributed by atoms with Gasteiger partial charge >= 0.3 is 0 Å². The Labute approximate surface area is 254 Å². The fourth-order valence-electron chi connectivity index (χ4n) is 6.56. The Morgan fingerprint density at radius 1 is 1.09 bits per heavy atom. The fraction of sp³-hybridized carbons (Fsp3) is 0.656. The smallest absolute Gasteiger partial charge is 0.276 e. The van der Waals surface area contributed by atoms with Gasteiger partial charge in [-0.3, -0.25) is 14.5 Å². The lowest BCUT2D eigenvalue weighted by Crippen LogP contribution is -2.51. The summed E-state index contributed by atoms with van der Waals surface area (Å²) in [6, 6.07) is 3.65. The zero-order valence-electron chi connectivity index (χ0n) is 26.5. The number of aryl methyl sites for hydroxylation is 1. The van der Waals surface area contributed by atoms with Crippen LogP contribution in [0.3, 0.4) is 0 Å². The molecule has 1 aliphatic carbocycles. The Morgan fingerprint density at radius 3 is 2.51 bits per heavy atom. The maximum Gasteiger partial charge on any atom is 0.276 e. The molecule has 0 N–H and O–H groups in total. The van der Waals surface area contributed by atoms with Crippen LogP contribution in [0.1, 0.15) is 59.8 Å². The molecule has 1 aliphatic heterocycles. The number of carbonyl (C=O) groups excluding carboxylic acids is 1. The monoisotopic (exact) mass is 592 g/mol. The number of methoxy groups -OCH3 is 1. The van der Waals surface area contributed by atoms with Gasteiger partial charge in [-0.2, -0.15) is 5.10 Å². The highest BCUT2D eigenvalue weighted by Gasteiger charge is 2.33. The molecule has 2 aliphatic rings. The van der Waals surface area contributed by atoms with Gasteiger partial charge in [0, 0.05) is 70.6 Å². The van der Waals surface area contributed by atoms with Crippen molar-refractivity contribution in [3.05, 3.63) is 41.2 Å². The van der Waals surface area contributed by atoms with Crippen molar-refractivity contribution in [1.82, 2.24) is 34.1 Å². The molecule has 43 heavy (non-hydrogen) atoms. The topological polar surface area (TPSA) is 102 Å². The van der Waals surface area contributed by atoms with E-state index >= 15 is 0 Å². The molecule has 234 valence electrons. The summed E-state index contributed by atoms with van der Waals surface area (Å²) in [5.74, 6) is 1.85. The Kier molecular flexibility index (Phi) is 9.81. The van der Waals surface area contributed by atoms with Gasteiger partial charge in [0.2, 0.25) is 5.91 Å². The predicted octanol–water partition coefficient (Wildman–Crippen LogP) is 3.59. The highest BCUT2D eigenvalue weighted by Crippen LogP contribution is 2.33. The number of aromatic nitrogens is 5. The molecular formula is C32H48N8O3. The van der Waals surface area contributed by atoms with Crippen molar-refractivity contribution >= 4 is 22.8 Å². The lowest BCUT2D eigenvalue weighted by Gasteiger charge is -2.41. The zero-order valence-corrected chi connectivity index (χ0v) is 26.5. The van der Waals surface area contributed by atoms with Crippen LogP contribution < -0.4 is 10.5 Å². The maximum absolute atomic E-state index is 13.5. The lowest BCUT2D eigenvalue weighted by molar-refractivity contribution is -0.137. The molecule has 5 rings (SSSR count). The zero-order chi connectivity index (χ0) is 30.6. The van der Waals surface area contributed by atoms with E-state index in [1.54, 1.807) is 34.8 Å². The first-order chi connectivity index (χ1) is 20.7. The van der Waals surface area contributed by atoms with Crippen LogP contribution in [0, 0.1) is 11.8 Å². The molecule has 3 aromatic rings. The molecule has 0 bridgehead atoms. The minimum Gasteiger partial charge on any atom is -0.383 e. The SMILES string of the molecule is CCCn1cccc(-n2ncc3c(N4CCN(C(=O)C5CCC(CN(CCOC)C(C)(C)C)CC5)CC4)ncnc32)c1=O. The number of fused-ring (bicyclic) bond motifs is 1. The van der Waals surface area contributed by atoms with Gasteiger partial charge in [0.15, 0.2) is 5.65 Å². The van der Waals surface area contributed by atoms with E-state index < -0.39 is 0 Å². The van der Waals surface area contributed by atoms with E-state index in [0.29, 0.717) is 55.9 Å². The van der Waals surface area contributed by atoms with E-state index in [9.17, 15) is 9.59 Å². The summed E-state index contributed by atoms with van der Waals surface area (Å²) in [5, 5.41) is 5.35. The number of hydrogen-bond donors (Lipinski definition) is 0. The van der Waals surface area contributed by atoms with Gasteiger partial charge in [-0.05, 0) is 70.9 Å². The Morgan fingerprint density at radius 2 is 1.84 bits per heavy atom. The summed E-state index contributed by atoms with van der Waals surface area (Å²) in [4.78, 5) is 42.4. The van der Waals surface area contributed by atoms with Crippen molar-refractivity contribution in [2.45, 2.75) is 71.9 Å². The number of carbonyl (C=O) groups is 1. The third kappa shape index (κ3) is 6.93. The molecule has 1 amide bonds. The molecule has 0 spiro atoms. The van der Waals surface area contributed by atoms with Crippen molar-refractivity contribution in [1.29, 1.82) is 0 Å². The van der Waals surface area contributed by atoms with Gasteiger partial charge in [-0.15, -0.1) is 0 Å². The van der Waals surface area contributed by atoms with E-state index in [1.807, 2.05) is 17.9 Å². The second-order valence-electron chi connectivity index (χ2n) is 13.0. The van der Waals surface area contributed by atoms with Crippen molar-refractivity contribution < 1.29 is 9.53 Å². The highest BCUT2D eigenvalue weighted by molar-refractivity contribution is 5.88. The Balaban J connectivity index is 1.19. The number of pyridine rings is 1. The molecule has 1 saturated carbocycles. The van der Waals surface area contributed by atoms with Crippen molar-refractivity contribution in [3.63, 3.8) is 0 Å². The lowest BCUT2D eigenvalue weighted by atomic mass is 9.80. The molecule has 0 aromatic carbocycles. The van der Waals surface area contributed by atoms with Crippen LogP contribution in [0.4, 0.5) is 5.82 Å². The molecule has 11 nitrogen and oxygen atoms in total. The number of anilines is 1. The molecule has 2 fully saturated rings. The van der Waals surface area contributed by atoms with E-state index in [0.717, 1.165) is 63.0 Å². The van der Waals surface area contributed by atoms with Gasteiger partial charge in [-0.1, -0.05) is 6.92 Å². The Bertz CT molecular complexity index is 1430. The molecular weight excluding hydrogens is 544 g/mol. The highest BCUT2D eigenvalue weighted by atomic mass is 16.5. The van der Waals surface area contributed by atoms with Crippen molar-refractivity contribution in [2.24, 2.45) is 11.8 Å². The van der Waals surface area contributed by atoms with Crippen LogP contribution in [0.2, 0.25) is 0 Å². The summed E-state index contributed by atoms with van der Waals surface area (Å²) in [6.07, 6.45) is 10.1. The van der Waals surface area contributed by atoms with Crippen molar-refractivity contribution in [3.8, 4) is 5.69 Å². The van der Waals surface area contributed by atoms with Crippen LogP contribution >= 0.6 is 0 Å². The minimum atomic E-state index is -0.0895. The fourth-order valence-corrected chi connectivity index (χ4v) is 6.56. The number of hydrogen-bond acceptors (Lipinski definition) is 8. The molecule has 0 atom stereocenters. The first-order valence-corrected chi connectivity index (χ1v) is 15.9. The average Bonchev–Trinajstić information content (AvgIpc) is 3.44. The van der Waals surface area contributed by atoms with Gasteiger partial charge in [-0.25, -0.2) is 14.6 Å². The molecule has 11 heteroatoms. The quantitative estimate of drug-likeness (QED) is 0.352. The standard InChI is InChI=1S/C32H48N8O3/c1-6-13-37-14-7-8-27(31(37)42)40-29-26(21-35-40)28(33-23-34-29)36-15-17-38(18-16-36)30(41)25-11-9-24(10-12-25)22-39(19-20-43-5)32(2,3)4/h7-8,14,21,23-25H,6,9-13,15-20,22H2,1-5H3. The number of piperazine rings is 1. The van der Waals surface area contributed by atoms with Crippen LogP contribution in [-0.2, 0) is 16.1 Å².